The summed E-state index contributed by atoms with van der Waals surface area (Å²) in [6.45, 7) is 8.24. The third-order valence-corrected chi connectivity index (χ3v) is 10.0. The second-order valence-corrected chi connectivity index (χ2v) is 14.3. The van der Waals surface area contributed by atoms with Crippen molar-refractivity contribution in [2.75, 3.05) is 55.4 Å². The molecule has 2 fully saturated rings. The lowest BCUT2D eigenvalue weighted by Gasteiger charge is -2.32. The van der Waals surface area contributed by atoms with Crippen LogP contribution in [-0.4, -0.2) is 87.6 Å². The number of halogens is 2. The Bertz CT molecular complexity index is 2050. The van der Waals surface area contributed by atoms with Crippen LogP contribution in [0, 0.1) is 54.5 Å². The average molecular weight is 817 g/mol. The van der Waals surface area contributed by atoms with Crippen LogP contribution >= 0.6 is 11.8 Å². The molecule has 0 spiro atoms. The Morgan fingerprint density at radius 2 is 1.24 bits per heavy atom. The lowest BCUT2D eigenvalue weighted by Crippen LogP contribution is -2.42. The molecule has 16 nitrogen and oxygen atoms in total. The number of nitrogens with zero attached hydrogens (tertiary/aromatic N) is 10. The number of rotatable bonds is 12. The van der Waals surface area contributed by atoms with E-state index in [9.17, 15) is 39.5 Å². The first kappa shape index (κ1) is 43.2. The summed E-state index contributed by atoms with van der Waals surface area (Å²) in [7, 11) is 0. The molecule has 4 atom stereocenters. The van der Waals surface area contributed by atoms with Crippen LogP contribution in [0.25, 0.3) is 0 Å². The summed E-state index contributed by atoms with van der Waals surface area (Å²) in [6, 6.07) is 16.3. The van der Waals surface area contributed by atoms with E-state index in [-0.39, 0.29) is 59.4 Å². The highest BCUT2D eigenvalue weighted by molar-refractivity contribution is 7.98. The Labute approximate surface area is 338 Å². The minimum absolute atomic E-state index is 0.00856. The van der Waals surface area contributed by atoms with Gasteiger partial charge in [-0.25, -0.2) is 23.7 Å². The number of ether oxygens (including phenoxy) is 2. The van der Waals surface area contributed by atoms with Crippen molar-refractivity contribution < 1.29 is 28.1 Å². The molecule has 2 aromatic heterocycles. The molecule has 19 heteroatoms. The van der Waals surface area contributed by atoms with Crippen LogP contribution in [0.4, 0.5) is 31.8 Å². The summed E-state index contributed by atoms with van der Waals surface area (Å²) >= 11 is 1.23. The van der Waals surface area contributed by atoms with E-state index in [4.69, 9.17) is 9.47 Å². The number of aryl methyl sites for hydroxylation is 1. The van der Waals surface area contributed by atoms with Gasteiger partial charge in [0.15, 0.2) is 5.16 Å². The topological polar surface area (TPSA) is 210 Å². The van der Waals surface area contributed by atoms with E-state index < -0.39 is 33.3 Å². The SMILES string of the molecule is CCc1nc(C(C#N)Cc2ccccc2F)c([N+](=O)[O-])c(N2CCOC(C)C2)n1.CSc1nc(C(C#N)Cc2ccccc2F)c([N+](=O)[O-])c(N2CCOC(C)C2)n1. The Kier molecular flexibility index (Phi) is 14.9. The number of aromatic nitrogens is 4. The van der Waals surface area contributed by atoms with Crippen LogP contribution in [0.2, 0.25) is 0 Å². The smallest absolute Gasteiger partial charge is 0.334 e. The molecule has 4 aromatic rings. The molecule has 4 heterocycles. The highest BCUT2D eigenvalue weighted by atomic mass is 32.2. The maximum Gasteiger partial charge on any atom is 0.334 e. The zero-order chi connectivity index (χ0) is 41.9. The predicted molar refractivity (Wildman–Crippen MR) is 211 cm³/mol. The lowest BCUT2D eigenvalue weighted by atomic mass is 9.95. The van der Waals surface area contributed by atoms with Gasteiger partial charge in [0, 0.05) is 32.6 Å². The number of morpholine rings is 2. The largest absolute Gasteiger partial charge is 0.375 e. The van der Waals surface area contributed by atoms with E-state index in [0.29, 0.717) is 67.9 Å². The van der Waals surface area contributed by atoms with Crippen LogP contribution < -0.4 is 9.80 Å². The average Bonchev–Trinajstić information content (AvgIpc) is 3.22. The van der Waals surface area contributed by atoms with Crippen molar-refractivity contribution in [1.82, 2.24) is 19.9 Å². The van der Waals surface area contributed by atoms with Gasteiger partial charge < -0.3 is 19.3 Å². The first-order chi connectivity index (χ1) is 27.9. The Morgan fingerprint density at radius 1 is 0.793 bits per heavy atom. The number of anilines is 2. The lowest BCUT2D eigenvalue weighted by molar-refractivity contribution is -0.385. The van der Waals surface area contributed by atoms with Gasteiger partial charge in [-0.15, -0.1) is 0 Å². The summed E-state index contributed by atoms with van der Waals surface area (Å²) in [5, 5.41) is 43.8. The van der Waals surface area contributed by atoms with Gasteiger partial charge in [0.25, 0.3) is 0 Å². The van der Waals surface area contributed by atoms with Gasteiger partial charge in [0.2, 0.25) is 11.6 Å². The Hall–Kier alpha value is -5.89. The molecule has 2 saturated heterocycles. The molecule has 6 rings (SSSR count). The maximum absolute atomic E-state index is 14.1. The van der Waals surface area contributed by atoms with Crippen LogP contribution in [0.5, 0.6) is 0 Å². The molecule has 0 radical (unpaired) electrons. The molecule has 0 amide bonds. The van der Waals surface area contributed by atoms with Crippen molar-refractivity contribution in [1.29, 1.82) is 10.5 Å². The second kappa shape index (κ2) is 20.0. The van der Waals surface area contributed by atoms with Crippen molar-refractivity contribution in [2.24, 2.45) is 0 Å². The molecular weight excluding hydrogens is 775 g/mol. The zero-order valence-corrected chi connectivity index (χ0v) is 33.2. The molecule has 0 aliphatic carbocycles. The Morgan fingerprint density at radius 3 is 1.64 bits per heavy atom. The quantitative estimate of drug-likeness (QED) is 0.0648. The van der Waals surface area contributed by atoms with E-state index in [1.807, 2.05) is 20.8 Å². The summed E-state index contributed by atoms with van der Waals surface area (Å²) in [5.74, 6) is -2.10. The molecule has 0 N–H and O–H groups in total. The third kappa shape index (κ3) is 10.3. The monoisotopic (exact) mass is 816 g/mol. The fraction of sp³-hybridized carbons (Fsp3) is 0.436. The van der Waals surface area contributed by atoms with E-state index in [0.717, 1.165) is 0 Å². The minimum atomic E-state index is -0.988. The van der Waals surface area contributed by atoms with E-state index >= 15 is 0 Å². The molecule has 2 aromatic carbocycles. The summed E-state index contributed by atoms with van der Waals surface area (Å²) < 4.78 is 39.3. The van der Waals surface area contributed by atoms with Gasteiger partial charge in [-0.05, 0) is 56.2 Å². The van der Waals surface area contributed by atoms with Crippen LogP contribution in [0.3, 0.4) is 0 Å². The molecule has 58 heavy (non-hydrogen) atoms. The normalized spacial score (nSPS) is 17.6. The van der Waals surface area contributed by atoms with Gasteiger partial charge in [-0.2, -0.15) is 15.5 Å². The molecule has 0 bridgehead atoms. The van der Waals surface area contributed by atoms with Crippen LogP contribution in [0.1, 0.15) is 60.9 Å². The fourth-order valence-electron chi connectivity index (χ4n) is 6.67. The minimum Gasteiger partial charge on any atom is -0.375 e. The van der Waals surface area contributed by atoms with Crippen molar-refractivity contribution in [2.45, 2.75) is 69.2 Å². The molecule has 2 aliphatic heterocycles. The number of thioether (sulfide) groups is 1. The highest BCUT2D eigenvalue weighted by Crippen LogP contribution is 2.38. The first-order valence-corrected chi connectivity index (χ1v) is 19.8. The summed E-state index contributed by atoms with van der Waals surface area (Å²) in [5.41, 5.74) is 0.0562. The second-order valence-electron chi connectivity index (χ2n) is 13.5. The molecule has 2 aliphatic rings. The number of benzene rings is 2. The van der Waals surface area contributed by atoms with Crippen LogP contribution in [0.15, 0.2) is 53.7 Å². The summed E-state index contributed by atoms with van der Waals surface area (Å²) in [6.07, 6.45) is 1.98. The van der Waals surface area contributed by atoms with Gasteiger partial charge in [-0.1, -0.05) is 55.1 Å². The molecular formula is C39H42F2N10O6S. The number of hydrogen-bond donors (Lipinski definition) is 0. The van der Waals surface area contributed by atoms with Crippen molar-refractivity contribution in [3.8, 4) is 12.1 Å². The number of nitro groups is 2. The van der Waals surface area contributed by atoms with E-state index in [1.165, 1.54) is 23.9 Å². The number of nitriles is 2. The van der Waals surface area contributed by atoms with Gasteiger partial charge in [0.1, 0.15) is 28.8 Å². The van der Waals surface area contributed by atoms with Gasteiger partial charge in [0.05, 0.1) is 59.2 Å². The standard InChI is InChI=1S/C20H22FN5O3.C19H20FN5O3S/c1-3-17-23-18(15(11-22)10-14-6-4-5-7-16(14)21)19(26(27)28)20(24-17)25-8-9-29-13(2)12-25;1-12-11-24(7-8-28-12)18-17(25(26)27)16(22-19(23-18)29-2)14(10-21)9-13-5-3-4-6-15(13)20/h4-7,13,15H,3,8-10,12H2,1-2H3;3-6,12,14H,7-9,11H2,1-2H3. The number of hydrogen-bond acceptors (Lipinski definition) is 15. The maximum atomic E-state index is 14.1. The molecule has 4 unspecified atom stereocenters. The van der Waals surface area contributed by atoms with Crippen molar-refractivity contribution in [3.63, 3.8) is 0 Å². The fourth-order valence-corrected chi connectivity index (χ4v) is 7.04. The predicted octanol–water partition coefficient (Wildman–Crippen LogP) is 6.48. The highest BCUT2D eigenvalue weighted by Gasteiger charge is 2.36. The van der Waals surface area contributed by atoms with Gasteiger partial charge in [-0.3, -0.25) is 20.2 Å². The van der Waals surface area contributed by atoms with Crippen molar-refractivity contribution in [3.05, 3.63) is 109 Å². The van der Waals surface area contributed by atoms with E-state index in [1.54, 1.807) is 52.5 Å². The Balaban J connectivity index is 0.000000221. The first-order valence-electron chi connectivity index (χ1n) is 18.5. The third-order valence-electron chi connectivity index (χ3n) is 9.49. The molecule has 304 valence electrons. The van der Waals surface area contributed by atoms with Crippen molar-refractivity contribution >= 4 is 34.8 Å². The summed E-state index contributed by atoms with van der Waals surface area (Å²) in [4.78, 5) is 43.9. The zero-order valence-electron chi connectivity index (χ0n) is 32.4. The van der Waals surface area contributed by atoms with Gasteiger partial charge >= 0.3 is 11.4 Å². The molecule has 0 saturated carbocycles. The van der Waals surface area contributed by atoms with E-state index in [2.05, 4.69) is 32.1 Å². The van der Waals surface area contributed by atoms with Crippen LogP contribution in [-0.2, 0) is 28.7 Å².